The lowest BCUT2D eigenvalue weighted by Crippen LogP contribution is -2.47. The van der Waals surface area contributed by atoms with Crippen molar-refractivity contribution in [2.24, 2.45) is 5.73 Å². The molecule has 0 radical (unpaired) electrons. The number of rotatable bonds is 15. The van der Waals surface area contributed by atoms with Crippen LogP contribution in [0.15, 0.2) is 0 Å². The highest BCUT2D eigenvalue weighted by atomic mass is 16.4. The highest BCUT2D eigenvalue weighted by Crippen LogP contribution is 2.20. The number of nitrogens with two attached hydrogens (primary N) is 1. The van der Waals surface area contributed by atoms with E-state index in [2.05, 4.69) is 13.8 Å². The fourth-order valence-electron chi connectivity index (χ4n) is 2.76. The quantitative estimate of drug-likeness (QED) is 0.405. The van der Waals surface area contributed by atoms with Crippen molar-refractivity contribution in [3.63, 3.8) is 0 Å². The van der Waals surface area contributed by atoms with Crippen LogP contribution in [0.4, 0.5) is 0 Å². The largest absolute Gasteiger partial charge is 0.480 e. The molecule has 0 amide bonds. The molecular weight excluding hydrogens is 262 g/mol. The van der Waals surface area contributed by atoms with E-state index in [1.165, 1.54) is 51.4 Å². The first-order valence-electron chi connectivity index (χ1n) is 9.09. The molecule has 0 saturated carbocycles. The Hall–Kier alpha value is -0.570. The van der Waals surface area contributed by atoms with Gasteiger partial charge in [-0.2, -0.15) is 0 Å². The normalized spacial score (nSPS) is 14.0. The molecule has 1 unspecified atom stereocenters. The number of unbranched alkanes of at least 4 members (excludes halogenated alkanes) is 10. The maximum Gasteiger partial charge on any atom is 0.323 e. The third-order valence-corrected chi connectivity index (χ3v) is 4.38. The Labute approximate surface area is 131 Å². The van der Waals surface area contributed by atoms with Gasteiger partial charge in [-0.25, -0.2) is 0 Å². The zero-order valence-electron chi connectivity index (χ0n) is 14.3. The Balaban J connectivity index is 3.56. The maximum absolute atomic E-state index is 11.3. The monoisotopic (exact) mass is 299 g/mol. The van der Waals surface area contributed by atoms with E-state index in [9.17, 15) is 9.90 Å². The second-order valence-corrected chi connectivity index (χ2v) is 6.50. The molecule has 0 aliphatic rings. The second-order valence-electron chi connectivity index (χ2n) is 6.50. The number of carboxylic acid groups (broad SMARTS) is 1. The van der Waals surface area contributed by atoms with E-state index < -0.39 is 11.5 Å². The van der Waals surface area contributed by atoms with E-state index in [0.717, 1.165) is 25.7 Å². The predicted molar refractivity (Wildman–Crippen MR) is 90.5 cm³/mol. The minimum atomic E-state index is -0.990. The molecule has 0 spiro atoms. The molecule has 0 saturated heterocycles. The molecule has 0 rings (SSSR count). The lowest BCUT2D eigenvalue weighted by atomic mass is 9.88. The van der Waals surface area contributed by atoms with Crippen molar-refractivity contribution in [3.05, 3.63) is 0 Å². The summed E-state index contributed by atoms with van der Waals surface area (Å²) in [6, 6.07) is 0. The Morgan fingerprint density at radius 2 is 1.14 bits per heavy atom. The summed E-state index contributed by atoms with van der Waals surface area (Å²) in [5.41, 5.74) is 5.05. The van der Waals surface area contributed by atoms with Crippen molar-refractivity contribution in [1.82, 2.24) is 0 Å². The predicted octanol–water partition coefficient (Wildman–Crippen LogP) is 5.27. The number of hydrogen-bond acceptors (Lipinski definition) is 2. The van der Waals surface area contributed by atoms with Gasteiger partial charge in [0.25, 0.3) is 0 Å². The fourth-order valence-corrected chi connectivity index (χ4v) is 2.76. The maximum atomic E-state index is 11.3. The molecule has 0 aromatic rings. The minimum absolute atomic E-state index is 0.607. The average molecular weight is 299 g/mol. The van der Waals surface area contributed by atoms with E-state index in [-0.39, 0.29) is 0 Å². The van der Waals surface area contributed by atoms with Crippen LogP contribution >= 0.6 is 0 Å². The van der Waals surface area contributed by atoms with Crippen molar-refractivity contribution in [3.8, 4) is 0 Å². The molecule has 0 aliphatic carbocycles. The molecule has 0 aromatic heterocycles. The highest BCUT2D eigenvalue weighted by Gasteiger charge is 2.32. The molecule has 0 fully saturated rings. The first-order valence-corrected chi connectivity index (χ1v) is 9.09. The second kappa shape index (κ2) is 13.1. The number of carbonyl (C=O) groups is 1. The Morgan fingerprint density at radius 1 is 0.762 bits per heavy atom. The SMILES string of the molecule is CCCCCCCCCCCCC(N)(CCCC)C(=O)O. The standard InChI is InChI=1S/C18H37NO2/c1-3-5-7-8-9-10-11-12-13-14-16-18(19,17(20)21)15-6-4-2/h3-16,19H2,1-2H3,(H,20,21). The Morgan fingerprint density at radius 3 is 1.57 bits per heavy atom. The lowest BCUT2D eigenvalue weighted by Gasteiger charge is -2.24. The van der Waals surface area contributed by atoms with Gasteiger partial charge in [0.15, 0.2) is 0 Å². The van der Waals surface area contributed by atoms with Crippen LogP contribution in [0.3, 0.4) is 0 Å². The first-order chi connectivity index (χ1) is 10.1. The zero-order chi connectivity index (χ0) is 16.0. The van der Waals surface area contributed by atoms with Gasteiger partial charge in [0.1, 0.15) is 5.54 Å². The van der Waals surface area contributed by atoms with Gasteiger partial charge in [0.05, 0.1) is 0 Å². The van der Waals surface area contributed by atoms with E-state index in [0.29, 0.717) is 12.8 Å². The van der Waals surface area contributed by atoms with Crippen LogP contribution in [0.5, 0.6) is 0 Å². The molecule has 0 aliphatic heterocycles. The van der Waals surface area contributed by atoms with Crippen molar-refractivity contribution in [2.45, 2.75) is 109 Å². The molecule has 126 valence electrons. The molecule has 3 N–H and O–H groups in total. The van der Waals surface area contributed by atoms with E-state index in [1.807, 2.05) is 0 Å². The van der Waals surface area contributed by atoms with Gasteiger partial charge >= 0.3 is 5.97 Å². The third-order valence-electron chi connectivity index (χ3n) is 4.38. The van der Waals surface area contributed by atoms with Crippen LogP contribution in [0.1, 0.15) is 104 Å². The van der Waals surface area contributed by atoms with Crippen LogP contribution in [0.25, 0.3) is 0 Å². The summed E-state index contributed by atoms with van der Waals surface area (Å²) < 4.78 is 0. The molecule has 0 heterocycles. The number of carboxylic acids is 1. The third kappa shape index (κ3) is 10.8. The van der Waals surface area contributed by atoms with E-state index in [4.69, 9.17) is 5.73 Å². The summed E-state index contributed by atoms with van der Waals surface area (Å²) in [5, 5.41) is 9.28. The van der Waals surface area contributed by atoms with Gasteiger partial charge in [-0.3, -0.25) is 4.79 Å². The van der Waals surface area contributed by atoms with Gasteiger partial charge in [-0.15, -0.1) is 0 Å². The first kappa shape index (κ1) is 20.4. The van der Waals surface area contributed by atoms with Gasteiger partial charge in [-0.05, 0) is 12.8 Å². The summed E-state index contributed by atoms with van der Waals surface area (Å²) in [7, 11) is 0. The van der Waals surface area contributed by atoms with Crippen molar-refractivity contribution < 1.29 is 9.90 Å². The summed E-state index contributed by atoms with van der Waals surface area (Å²) in [4.78, 5) is 11.3. The summed E-state index contributed by atoms with van der Waals surface area (Å²) in [5.74, 6) is -0.827. The van der Waals surface area contributed by atoms with Crippen molar-refractivity contribution in [1.29, 1.82) is 0 Å². The highest BCUT2D eigenvalue weighted by molar-refractivity contribution is 5.78. The molecule has 21 heavy (non-hydrogen) atoms. The summed E-state index contributed by atoms with van der Waals surface area (Å²) in [6.07, 6.45) is 15.8. The molecule has 3 heteroatoms. The molecule has 0 aromatic carbocycles. The number of hydrogen-bond donors (Lipinski definition) is 2. The number of aliphatic carboxylic acids is 1. The Bertz CT molecular complexity index is 256. The van der Waals surface area contributed by atoms with Gasteiger partial charge in [-0.1, -0.05) is 90.9 Å². The van der Waals surface area contributed by atoms with Crippen LogP contribution in [0.2, 0.25) is 0 Å². The minimum Gasteiger partial charge on any atom is -0.480 e. The van der Waals surface area contributed by atoms with Crippen LogP contribution in [-0.4, -0.2) is 16.6 Å². The summed E-state index contributed by atoms with van der Waals surface area (Å²) in [6.45, 7) is 4.32. The van der Waals surface area contributed by atoms with Crippen molar-refractivity contribution in [2.75, 3.05) is 0 Å². The molecular formula is C18H37NO2. The Kier molecular flexibility index (Phi) is 12.8. The zero-order valence-corrected chi connectivity index (χ0v) is 14.3. The van der Waals surface area contributed by atoms with Crippen LogP contribution in [0, 0.1) is 0 Å². The van der Waals surface area contributed by atoms with Crippen LogP contribution in [-0.2, 0) is 4.79 Å². The smallest absolute Gasteiger partial charge is 0.323 e. The fraction of sp³-hybridized carbons (Fsp3) is 0.944. The van der Waals surface area contributed by atoms with Gasteiger partial charge in [0, 0.05) is 0 Å². The molecule has 1 atom stereocenters. The van der Waals surface area contributed by atoms with E-state index >= 15 is 0 Å². The van der Waals surface area contributed by atoms with Gasteiger partial charge in [0.2, 0.25) is 0 Å². The lowest BCUT2D eigenvalue weighted by molar-refractivity contribution is -0.144. The van der Waals surface area contributed by atoms with E-state index in [1.54, 1.807) is 0 Å². The van der Waals surface area contributed by atoms with Crippen molar-refractivity contribution >= 4 is 5.97 Å². The van der Waals surface area contributed by atoms with Gasteiger partial charge < -0.3 is 10.8 Å². The molecule has 0 bridgehead atoms. The summed E-state index contributed by atoms with van der Waals surface area (Å²) >= 11 is 0. The van der Waals surface area contributed by atoms with Crippen LogP contribution < -0.4 is 5.73 Å². The average Bonchev–Trinajstić information content (AvgIpc) is 2.47. The topological polar surface area (TPSA) is 63.3 Å². The molecule has 3 nitrogen and oxygen atoms in total.